The molecule has 0 radical (unpaired) electrons. The van der Waals surface area contributed by atoms with Crippen molar-refractivity contribution >= 4 is 58.1 Å². The van der Waals surface area contributed by atoms with Crippen LogP contribution in [0.2, 0.25) is 5.02 Å². The number of aromatic nitrogens is 2. The van der Waals surface area contributed by atoms with E-state index in [-0.39, 0.29) is 36.7 Å². The fourth-order valence-electron chi connectivity index (χ4n) is 5.60. The third kappa shape index (κ3) is 11.3. The number of nitrogens with two attached hydrogens (primary N) is 2. The van der Waals surface area contributed by atoms with E-state index in [0.29, 0.717) is 39.1 Å². The highest BCUT2D eigenvalue weighted by atomic mass is 35.5. The molecule has 0 aliphatic rings. The van der Waals surface area contributed by atoms with Crippen LogP contribution in [0.25, 0.3) is 26.5 Å². The fraction of sp³-hybridized carbons (Fsp3) is 0.268. The summed E-state index contributed by atoms with van der Waals surface area (Å²) in [6.07, 6.45) is 3.60. The number of benzene rings is 3. The molecule has 11 nitrogen and oxygen atoms in total. The van der Waals surface area contributed by atoms with Gasteiger partial charge >= 0.3 is 5.97 Å². The van der Waals surface area contributed by atoms with Crippen molar-refractivity contribution in [3.63, 3.8) is 0 Å². The number of unbranched alkanes of at least 4 members (excludes halogenated alkanes) is 2. The largest absolute Gasteiger partial charge is 0.490 e. The second-order valence-electron chi connectivity index (χ2n) is 12.5. The van der Waals surface area contributed by atoms with Gasteiger partial charge in [-0.1, -0.05) is 104 Å². The summed E-state index contributed by atoms with van der Waals surface area (Å²) in [7, 11) is 0. The Balaban J connectivity index is 1.21. The molecule has 5 aromatic rings. The number of hydrogen-bond donors (Lipinski definition) is 3. The summed E-state index contributed by atoms with van der Waals surface area (Å²) in [6, 6.07) is 24.3. The summed E-state index contributed by atoms with van der Waals surface area (Å²) < 4.78 is 11.4. The molecular formula is C41H40ClN7O4S2. The maximum absolute atomic E-state index is 13.1. The van der Waals surface area contributed by atoms with Crippen LogP contribution in [0.1, 0.15) is 49.4 Å². The zero-order valence-electron chi connectivity index (χ0n) is 30.2. The first-order valence-corrected chi connectivity index (χ1v) is 19.9. The van der Waals surface area contributed by atoms with Crippen LogP contribution < -0.4 is 21.5 Å². The Morgan fingerprint density at radius 3 is 2.45 bits per heavy atom. The van der Waals surface area contributed by atoms with Crippen molar-refractivity contribution < 1.29 is 19.1 Å². The molecule has 5 rings (SSSR count). The number of rotatable bonds is 18. The number of thioether (sulfide) groups is 1. The first-order chi connectivity index (χ1) is 26.7. The first-order valence-electron chi connectivity index (χ1n) is 17.6. The van der Waals surface area contributed by atoms with Gasteiger partial charge in [-0.05, 0) is 41.8 Å². The number of anilines is 1. The number of amides is 1. The monoisotopic (exact) mass is 793 g/mol. The smallest absolute Gasteiger partial charge is 0.329 e. The molecule has 2 atom stereocenters. The minimum absolute atomic E-state index is 0.0222. The molecule has 1 amide bonds. The molecule has 0 saturated carbocycles. The SMILES string of the molecule is [C-]#[N+]c1c(N)nc(SCc2csc(-c3ccc(Cl)cc3)n2)c(C#N)c1-c1ccc(OCCOC(=O)[C@H](Cc2ccccc2)NC(=O)[C@@H](N)CCCCC)cc1. The van der Waals surface area contributed by atoms with Crippen LogP contribution in [0.4, 0.5) is 11.5 Å². The average Bonchev–Trinajstić information content (AvgIpc) is 3.68. The molecule has 282 valence electrons. The van der Waals surface area contributed by atoms with E-state index >= 15 is 0 Å². The summed E-state index contributed by atoms with van der Waals surface area (Å²) in [4.78, 5) is 38.7. The summed E-state index contributed by atoms with van der Waals surface area (Å²) >= 11 is 8.85. The minimum Gasteiger partial charge on any atom is -0.490 e. The Bertz CT molecular complexity index is 2150. The lowest BCUT2D eigenvalue weighted by Crippen LogP contribution is -2.50. The molecule has 0 spiro atoms. The van der Waals surface area contributed by atoms with Crippen molar-refractivity contribution in [1.29, 1.82) is 5.26 Å². The van der Waals surface area contributed by atoms with Gasteiger partial charge in [0.2, 0.25) is 11.6 Å². The molecule has 0 fully saturated rings. The van der Waals surface area contributed by atoms with E-state index in [2.05, 4.69) is 28.1 Å². The van der Waals surface area contributed by atoms with Crippen LogP contribution in [0.3, 0.4) is 0 Å². The van der Waals surface area contributed by atoms with Gasteiger partial charge in [0.1, 0.15) is 46.9 Å². The molecule has 2 heterocycles. The third-order valence-electron chi connectivity index (χ3n) is 8.47. The molecule has 0 aliphatic heterocycles. The maximum Gasteiger partial charge on any atom is 0.329 e. The lowest BCUT2D eigenvalue weighted by Gasteiger charge is -2.20. The summed E-state index contributed by atoms with van der Waals surface area (Å²) in [5, 5.41) is 16.9. The van der Waals surface area contributed by atoms with Crippen molar-refractivity contribution in [3.8, 4) is 33.5 Å². The fourth-order valence-corrected chi connectivity index (χ4v) is 7.55. The third-order valence-corrected chi connectivity index (χ3v) is 10.7. The van der Waals surface area contributed by atoms with Gasteiger partial charge in [0.25, 0.3) is 0 Å². The van der Waals surface area contributed by atoms with Crippen LogP contribution >= 0.6 is 34.7 Å². The highest BCUT2D eigenvalue weighted by Crippen LogP contribution is 2.42. The summed E-state index contributed by atoms with van der Waals surface area (Å²) in [5.74, 6) is -0.0456. The Kier molecular flexibility index (Phi) is 15.0. The number of carbonyl (C=O) groups is 2. The van der Waals surface area contributed by atoms with E-state index in [9.17, 15) is 14.9 Å². The molecule has 3 aromatic carbocycles. The van der Waals surface area contributed by atoms with Gasteiger partial charge in [0, 0.05) is 33.7 Å². The number of ether oxygens (including phenoxy) is 2. The number of nitrogens with one attached hydrogen (secondary N) is 1. The van der Waals surface area contributed by atoms with Crippen molar-refractivity contribution in [2.75, 3.05) is 18.9 Å². The van der Waals surface area contributed by atoms with Crippen molar-refractivity contribution in [1.82, 2.24) is 15.3 Å². The van der Waals surface area contributed by atoms with E-state index in [1.54, 1.807) is 24.3 Å². The average molecular weight is 794 g/mol. The van der Waals surface area contributed by atoms with Gasteiger partial charge in [0.05, 0.1) is 23.9 Å². The number of nitrogens with zero attached hydrogens (tertiary/aromatic N) is 4. The quantitative estimate of drug-likeness (QED) is 0.0339. The number of carbonyl (C=O) groups excluding carboxylic acids is 2. The Labute approximate surface area is 333 Å². The van der Waals surface area contributed by atoms with Crippen LogP contribution in [0, 0.1) is 17.9 Å². The van der Waals surface area contributed by atoms with E-state index < -0.39 is 24.0 Å². The van der Waals surface area contributed by atoms with Crippen LogP contribution in [0.15, 0.2) is 89.3 Å². The molecule has 2 aromatic heterocycles. The molecular weight excluding hydrogens is 754 g/mol. The highest BCUT2D eigenvalue weighted by Gasteiger charge is 2.26. The number of esters is 1. The molecule has 0 aliphatic carbocycles. The number of nitriles is 1. The number of hydrogen-bond acceptors (Lipinski definition) is 11. The van der Waals surface area contributed by atoms with Crippen molar-refractivity contribution in [2.24, 2.45) is 5.73 Å². The van der Waals surface area contributed by atoms with Gasteiger partial charge in [-0.15, -0.1) is 11.3 Å². The molecule has 0 unspecified atom stereocenters. The lowest BCUT2D eigenvalue weighted by atomic mass is 10.00. The minimum atomic E-state index is -0.915. The lowest BCUT2D eigenvalue weighted by molar-refractivity contribution is -0.148. The number of pyridine rings is 1. The molecule has 5 N–H and O–H groups in total. The second kappa shape index (κ2) is 20.3. The van der Waals surface area contributed by atoms with E-state index in [4.69, 9.17) is 44.1 Å². The Morgan fingerprint density at radius 2 is 1.76 bits per heavy atom. The molecule has 0 bridgehead atoms. The summed E-state index contributed by atoms with van der Waals surface area (Å²) in [6.45, 7) is 9.86. The van der Waals surface area contributed by atoms with Gasteiger partial charge in [0.15, 0.2) is 0 Å². The van der Waals surface area contributed by atoms with Gasteiger partial charge in [-0.2, -0.15) is 5.26 Å². The number of halogens is 1. The highest BCUT2D eigenvalue weighted by molar-refractivity contribution is 7.98. The van der Waals surface area contributed by atoms with Crippen LogP contribution in [0.5, 0.6) is 5.75 Å². The van der Waals surface area contributed by atoms with Crippen LogP contribution in [-0.4, -0.2) is 47.1 Å². The Morgan fingerprint density at radius 1 is 1.04 bits per heavy atom. The maximum atomic E-state index is 13.1. The molecule has 55 heavy (non-hydrogen) atoms. The van der Waals surface area contributed by atoms with E-state index in [1.807, 2.05) is 60.0 Å². The van der Waals surface area contributed by atoms with Gasteiger partial charge in [-0.3, -0.25) is 4.79 Å². The number of nitrogen functional groups attached to an aromatic ring is 1. The van der Waals surface area contributed by atoms with Gasteiger partial charge < -0.3 is 26.3 Å². The topological polar surface area (TPSA) is 171 Å². The summed E-state index contributed by atoms with van der Waals surface area (Å²) in [5.41, 5.74) is 16.3. The predicted octanol–water partition coefficient (Wildman–Crippen LogP) is 8.38. The van der Waals surface area contributed by atoms with Crippen LogP contribution in [-0.2, 0) is 26.5 Å². The predicted molar refractivity (Wildman–Crippen MR) is 218 cm³/mol. The normalized spacial score (nSPS) is 11.9. The second-order valence-corrected chi connectivity index (χ2v) is 14.7. The van der Waals surface area contributed by atoms with E-state index in [1.165, 1.54) is 23.1 Å². The Hall–Kier alpha value is -5.44. The molecule has 0 saturated heterocycles. The zero-order chi connectivity index (χ0) is 39.2. The van der Waals surface area contributed by atoms with E-state index in [0.717, 1.165) is 41.1 Å². The van der Waals surface area contributed by atoms with Gasteiger partial charge in [-0.25, -0.2) is 19.6 Å². The standard InChI is InChI=1S/C41H40ClN7O4S2/c1-3-4-6-11-33(44)38(50)48-34(22-26-9-7-5-8-10-26)41(51)53-21-20-52-31-18-14-27(15-19-31)35-32(23-43)40(49-37(45)36(35)46-2)55-25-30-24-54-39(47-30)28-12-16-29(42)17-13-28/h5,7-10,12-19,24,33-34H,3-4,6,11,20-22,25,44H2,1H3,(H2,45,49)(H,48,50)/t33-,34-/m0/s1. The number of thiazole rings is 1. The molecule has 14 heteroatoms. The van der Waals surface area contributed by atoms with Crippen molar-refractivity contribution in [3.05, 3.63) is 118 Å². The van der Waals surface area contributed by atoms with Crippen molar-refractivity contribution in [2.45, 2.75) is 61.9 Å². The first kappa shape index (κ1) is 40.7. The zero-order valence-corrected chi connectivity index (χ0v) is 32.6.